The third-order valence-electron chi connectivity index (χ3n) is 2.52. The number of carbonyl (C=O) groups is 1. The first-order valence-corrected chi connectivity index (χ1v) is 5.73. The number of aliphatic hydroxyl groups excluding tert-OH is 1. The monoisotopic (exact) mass is 237 g/mol. The first-order valence-electron chi connectivity index (χ1n) is 5.73. The number of aliphatic hydroxyl groups is 1. The molecule has 0 heterocycles. The van der Waals surface area contributed by atoms with Crippen LogP contribution in [0.4, 0.5) is 0 Å². The molecule has 0 aliphatic heterocycles. The Bertz CT molecular complexity index is 340. The van der Waals surface area contributed by atoms with Crippen molar-refractivity contribution in [3.8, 4) is 0 Å². The summed E-state index contributed by atoms with van der Waals surface area (Å²) >= 11 is 0. The van der Waals surface area contributed by atoms with E-state index in [-0.39, 0.29) is 12.6 Å². The summed E-state index contributed by atoms with van der Waals surface area (Å²) in [6.45, 7) is 2.58. The van der Waals surface area contributed by atoms with Gasteiger partial charge < -0.3 is 9.84 Å². The summed E-state index contributed by atoms with van der Waals surface area (Å²) < 4.78 is 5.06. The molecule has 0 saturated heterocycles. The molecular weight excluding hydrogens is 218 g/mol. The molecule has 0 amide bonds. The highest BCUT2D eigenvalue weighted by atomic mass is 16.5. The van der Waals surface area contributed by atoms with Crippen LogP contribution in [0.25, 0.3) is 0 Å². The first-order chi connectivity index (χ1) is 8.20. The van der Waals surface area contributed by atoms with Crippen molar-refractivity contribution in [2.45, 2.75) is 13.0 Å². The average molecular weight is 237 g/mol. The Kier molecular flexibility index (Phi) is 5.66. The first kappa shape index (κ1) is 13.7. The number of carbonyl (C=O) groups excluding carboxylic acids is 1. The maximum absolute atomic E-state index is 11.9. The zero-order chi connectivity index (χ0) is 12.7. The fraction of sp³-hybridized carbons (Fsp3) is 0.462. The van der Waals surface area contributed by atoms with Crippen molar-refractivity contribution in [2.75, 3.05) is 26.8 Å². The van der Waals surface area contributed by atoms with Crippen LogP contribution in [0.5, 0.6) is 0 Å². The lowest BCUT2D eigenvalue weighted by atomic mass is 10.1. The normalized spacial score (nSPS) is 12.5. The van der Waals surface area contributed by atoms with Gasteiger partial charge in [0.05, 0.1) is 13.2 Å². The van der Waals surface area contributed by atoms with Gasteiger partial charge in [-0.15, -0.1) is 0 Å². The molecule has 17 heavy (non-hydrogen) atoms. The van der Waals surface area contributed by atoms with E-state index in [1.165, 1.54) is 0 Å². The summed E-state index contributed by atoms with van der Waals surface area (Å²) in [4.78, 5) is 13.7. The smallest absolute Gasteiger partial charge is 0.327 e. The molecule has 1 N–H and O–H groups in total. The Morgan fingerprint density at radius 2 is 2.06 bits per heavy atom. The minimum atomic E-state index is -0.455. The van der Waals surface area contributed by atoms with Gasteiger partial charge >= 0.3 is 5.97 Å². The lowest BCUT2D eigenvalue weighted by molar-refractivity contribution is -0.149. The van der Waals surface area contributed by atoms with Crippen molar-refractivity contribution in [3.63, 3.8) is 0 Å². The van der Waals surface area contributed by atoms with E-state index in [0.717, 1.165) is 5.56 Å². The van der Waals surface area contributed by atoms with Gasteiger partial charge in [0.1, 0.15) is 6.04 Å². The maximum atomic E-state index is 11.9. The minimum absolute atomic E-state index is 0.0131. The zero-order valence-electron chi connectivity index (χ0n) is 10.3. The van der Waals surface area contributed by atoms with E-state index < -0.39 is 6.04 Å². The van der Waals surface area contributed by atoms with Crippen LogP contribution in [0.15, 0.2) is 30.3 Å². The largest absolute Gasteiger partial charge is 0.465 e. The van der Waals surface area contributed by atoms with Crippen molar-refractivity contribution in [2.24, 2.45) is 0 Å². The summed E-state index contributed by atoms with van der Waals surface area (Å²) in [5.41, 5.74) is 0.877. The Hall–Kier alpha value is -1.39. The van der Waals surface area contributed by atoms with Crippen LogP contribution in [0.2, 0.25) is 0 Å². The molecule has 1 aromatic carbocycles. The molecule has 4 nitrogen and oxygen atoms in total. The number of likely N-dealkylation sites (N-methyl/N-ethyl adjacent to an activating group) is 1. The number of esters is 1. The van der Waals surface area contributed by atoms with Crippen LogP contribution in [0.3, 0.4) is 0 Å². The lowest BCUT2D eigenvalue weighted by Crippen LogP contribution is -2.34. The molecule has 0 fully saturated rings. The number of benzene rings is 1. The van der Waals surface area contributed by atoms with E-state index in [0.29, 0.717) is 13.2 Å². The maximum Gasteiger partial charge on any atom is 0.327 e. The second kappa shape index (κ2) is 7.04. The number of nitrogens with zero attached hydrogens (tertiary/aromatic N) is 1. The average Bonchev–Trinajstić information content (AvgIpc) is 2.31. The number of hydrogen-bond donors (Lipinski definition) is 1. The number of ether oxygens (including phenoxy) is 1. The van der Waals surface area contributed by atoms with Crippen molar-refractivity contribution < 1.29 is 14.6 Å². The van der Waals surface area contributed by atoms with Gasteiger partial charge in [-0.2, -0.15) is 0 Å². The fourth-order valence-corrected chi connectivity index (χ4v) is 1.71. The standard InChI is InChI=1S/C13H19NO3/c1-3-17-13(16)12(14(2)9-10-15)11-7-5-4-6-8-11/h4-8,12,15H,3,9-10H2,1-2H3. The van der Waals surface area contributed by atoms with Crippen molar-refractivity contribution in [1.82, 2.24) is 4.90 Å². The molecule has 0 aliphatic carbocycles. The molecule has 0 spiro atoms. The van der Waals surface area contributed by atoms with Gasteiger partial charge in [0.15, 0.2) is 0 Å². The highest BCUT2D eigenvalue weighted by Crippen LogP contribution is 2.20. The number of rotatable bonds is 6. The third kappa shape index (κ3) is 3.84. The Balaban J connectivity index is 2.90. The van der Waals surface area contributed by atoms with E-state index in [4.69, 9.17) is 9.84 Å². The van der Waals surface area contributed by atoms with Gasteiger partial charge in [-0.25, -0.2) is 4.79 Å². The summed E-state index contributed by atoms with van der Waals surface area (Å²) in [5.74, 6) is -0.283. The summed E-state index contributed by atoms with van der Waals surface area (Å²) in [6.07, 6.45) is 0. The molecule has 0 radical (unpaired) electrons. The van der Waals surface area contributed by atoms with Gasteiger partial charge in [-0.1, -0.05) is 30.3 Å². The summed E-state index contributed by atoms with van der Waals surface area (Å²) in [5, 5.41) is 8.95. The Labute approximate surface area is 102 Å². The van der Waals surface area contributed by atoms with Crippen LogP contribution < -0.4 is 0 Å². The van der Waals surface area contributed by atoms with Crippen LogP contribution >= 0.6 is 0 Å². The van der Waals surface area contributed by atoms with Gasteiger partial charge in [0, 0.05) is 6.54 Å². The van der Waals surface area contributed by atoms with Crippen LogP contribution in [-0.4, -0.2) is 42.8 Å². The molecule has 0 saturated carbocycles. The number of hydrogen-bond acceptors (Lipinski definition) is 4. The van der Waals surface area contributed by atoms with Gasteiger partial charge in [0.25, 0.3) is 0 Å². The fourth-order valence-electron chi connectivity index (χ4n) is 1.71. The highest BCUT2D eigenvalue weighted by molar-refractivity contribution is 5.77. The summed E-state index contributed by atoms with van der Waals surface area (Å²) in [7, 11) is 1.80. The predicted octanol–water partition coefficient (Wildman–Crippen LogP) is 1.21. The molecule has 94 valence electrons. The van der Waals surface area contributed by atoms with E-state index in [1.54, 1.807) is 18.9 Å². The van der Waals surface area contributed by atoms with Crippen LogP contribution in [-0.2, 0) is 9.53 Å². The second-order valence-corrected chi connectivity index (χ2v) is 3.77. The topological polar surface area (TPSA) is 49.8 Å². The predicted molar refractivity (Wildman–Crippen MR) is 65.5 cm³/mol. The quantitative estimate of drug-likeness (QED) is 0.756. The van der Waals surface area contributed by atoms with Crippen molar-refractivity contribution in [1.29, 1.82) is 0 Å². The Morgan fingerprint density at radius 1 is 1.41 bits per heavy atom. The van der Waals surface area contributed by atoms with E-state index >= 15 is 0 Å². The van der Waals surface area contributed by atoms with Crippen LogP contribution in [0, 0.1) is 0 Å². The van der Waals surface area contributed by atoms with Gasteiger partial charge in [-0.05, 0) is 19.5 Å². The molecular formula is C13H19NO3. The lowest BCUT2D eigenvalue weighted by Gasteiger charge is -2.25. The van der Waals surface area contributed by atoms with Gasteiger partial charge in [-0.3, -0.25) is 4.90 Å². The van der Waals surface area contributed by atoms with E-state index in [2.05, 4.69) is 0 Å². The van der Waals surface area contributed by atoms with E-state index in [1.807, 2.05) is 30.3 Å². The van der Waals surface area contributed by atoms with Gasteiger partial charge in [0.2, 0.25) is 0 Å². The third-order valence-corrected chi connectivity index (χ3v) is 2.52. The zero-order valence-corrected chi connectivity index (χ0v) is 10.3. The Morgan fingerprint density at radius 3 is 2.59 bits per heavy atom. The molecule has 1 rings (SSSR count). The minimum Gasteiger partial charge on any atom is -0.465 e. The summed E-state index contributed by atoms with van der Waals surface area (Å²) in [6, 6.07) is 8.98. The molecule has 1 aromatic rings. The van der Waals surface area contributed by atoms with Crippen LogP contribution in [0.1, 0.15) is 18.5 Å². The second-order valence-electron chi connectivity index (χ2n) is 3.77. The highest BCUT2D eigenvalue weighted by Gasteiger charge is 2.25. The van der Waals surface area contributed by atoms with E-state index in [9.17, 15) is 4.79 Å². The molecule has 0 bridgehead atoms. The molecule has 0 aromatic heterocycles. The molecule has 0 aliphatic rings. The molecule has 4 heteroatoms. The SMILES string of the molecule is CCOC(=O)C(c1ccccc1)N(C)CCO. The van der Waals surface area contributed by atoms with Crippen molar-refractivity contribution >= 4 is 5.97 Å². The molecule has 1 atom stereocenters. The molecule has 1 unspecified atom stereocenters. The van der Waals surface area contributed by atoms with Crippen molar-refractivity contribution in [3.05, 3.63) is 35.9 Å².